The predicted molar refractivity (Wildman–Crippen MR) is 69.1 cm³/mol. The molecule has 0 aromatic carbocycles. The van der Waals surface area contributed by atoms with Crippen LogP contribution in [0.3, 0.4) is 0 Å². The fourth-order valence-corrected chi connectivity index (χ4v) is 2.93. The Kier molecular flexibility index (Phi) is 2.84. The van der Waals surface area contributed by atoms with Crippen LogP contribution in [0.1, 0.15) is 29.3 Å². The van der Waals surface area contributed by atoms with Gasteiger partial charge in [-0.3, -0.25) is 0 Å². The van der Waals surface area contributed by atoms with Crippen LogP contribution in [0.2, 0.25) is 0 Å². The van der Waals surface area contributed by atoms with Crippen molar-refractivity contribution < 1.29 is 0 Å². The maximum atomic E-state index is 9.13. The monoisotopic (exact) mass is 230 g/mol. The molecule has 2 nitrogen and oxygen atoms in total. The van der Waals surface area contributed by atoms with Gasteiger partial charge in [-0.05, 0) is 24.8 Å². The Hall–Kier alpha value is -1.53. The van der Waals surface area contributed by atoms with Gasteiger partial charge in [0.1, 0.15) is 11.1 Å². The van der Waals surface area contributed by atoms with Gasteiger partial charge >= 0.3 is 0 Å². The Balaban J connectivity index is 2.57. The highest BCUT2D eigenvalue weighted by molar-refractivity contribution is 7.16. The van der Waals surface area contributed by atoms with Crippen molar-refractivity contribution in [1.82, 2.24) is 0 Å². The molecule has 3 heteroatoms. The first-order valence-corrected chi connectivity index (χ1v) is 6.12. The number of thiophene rings is 1. The van der Waals surface area contributed by atoms with Gasteiger partial charge in [-0.2, -0.15) is 5.26 Å². The predicted octanol–water partition coefficient (Wildman–Crippen LogP) is 3.49. The molecule has 1 atom stereocenters. The number of nitrogen functional groups attached to an aromatic ring is 1. The van der Waals surface area contributed by atoms with Crippen molar-refractivity contribution in [2.75, 3.05) is 5.73 Å². The lowest BCUT2D eigenvalue weighted by Gasteiger charge is -2.12. The Morgan fingerprint density at radius 2 is 2.31 bits per heavy atom. The molecule has 1 aromatic heterocycles. The maximum absolute atomic E-state index is 9.13. The Bertz CT molecular complexity index is 515. The third-order valence-corrected chi connectivity index (χ3v) is 3.72. The first-order chi connectivity index (χ1) is 7.63. The molecule has 0 fully saturated rings. The van der Waals surface area contributed by atoms with Crippen LogP contribution in [0.5, 0.6) is 0 Å². The molecule has 0 spiro atoms. The number of hydrogen-bond donors (Lipinski definition) is 1. The molecular formula is C13H14N2S. The molecule has 0 saturated carbocycles. The molecule has 82 valence electrons. The van der Waals surface area contributed by atoms with Gasteiger partial charge in [-0.15, -0.1) is 11.3 Å². The van der Waals surface area contributed by atoms with Crippen molar-refractivity contribution in [3.05, 3.63) is 34.2 Å². The first-order valence-electron chi connectivity index (χ1n) is 5.31. The zero-order valence-electron chi connectivity index (χ0n) is 9.45. The van der Waals surface area contributed by atoms with Crippen molar-refractivity contribution in [3.63, 3.8) is 0 Å². The fourth-order valence-electron chi connectivity index (χ4n) is 2.03. The summed E-state index contributed by atoms with van der Waals surface area (Å²) in [6.45, 7) is 4.20. The molecule has 0 saturated heterocycles. The largest absolute Gasteiger partial charge is 0.389 e. The highest BCUT2D eigenvalue weighted by Crippen LogP contribution is 2.37. The molecular weight excluding hydrogens is 216 g/mol. The number of anilines is 1. The normalized spacial score (nSPS) is 19.3. The van der Waals surface area contributed by atoms with E-state index in [0.717, 1.165) is 22.4 Å². The molecule has 0 bridgehead atoms. The minimum atomic E-state index is 0.534. The van der Waals surface area contributed by atoms with E-state index in [1.165, 1.54) is 11.3 Å². The number of nitrogens with two attached hydrogens (primary N) is 1. The lowest BCUT2D eigenvalue weighted by molar-refractivity contribution is 0.740. The van der Waals surface area contributed by atoms with E-state index in [1.54, 1.807) is 0 Å². The number of rotatable bonds is 1. The third-order valence-electron chi connectivity index (χ3n) is 2.78. The second kappa shape index (κ2) is 4.15. The van der Waals surface area contributed by atoms with E-state index in [4.69, 9.17) is 11.0 Å². The van der Waals surface area contributed by atoms with Crippen LogP contribution in [-0.2, 0) is 0 Å². The number of aryl methyl sites for hydroxylation is 1. The summed E-state index contributed by atoms with van der Waals surface area (Å²) in [4.78, 5) is 1.12. The van der Waals surface area contributed by atoms with Crippen LogP contribution in [0.15, 0.2) is 18.2 Å². The van der Waals surface area contributed by atoms with E-state index in [0.29, 0.717) is 16.5 Å². The third kappa shape index (κ3) is 1.77. The number of nitrogens with zero attached hydrogens (tertiary/aromatic N) is 1. The number of nitriles is 1. The quantitative estimate of drug-likeness (QED) is 0.802. The number of allylic oxidation sites excluding steroid dienone is 4. The van der Waals surface area contributed by atoms with Crippen LogP contribution < -0.4 is 5.73 Å². The van der Waals surface area contributed by atoms with Crippen molar-refractivity contribution in [1.29, 1.82) is 5.26 Å². The van der Waals surface area contributed by atoms with Crippen LogP contribution in [-0.4, -0.2) is 0 Å². The van der Waals surface area contributed by atoms with Gasteiger partial charge in [0.25, 0.3) is 0 Å². The Morgan fingerprint density at radius 1 is 1.56 bits per heavy atom. The average Bonchev–Trinajstić information content (AvgIpc) is 2.52. The maximum Gasteiger partial charge on any atom is 0.105 e. The van der Waals surface area contributed by atoms with Gasteiger partial charge in [0.05, 0.1) is 5.56 Å². The summed E-state index contributed by atoms with van der Waals surface area (Å²) in [7, 11) is 0. The zero-order valence-corrected chi connectivity index (χ0v) is 10.3. The molecule has 1 aromatic rings. The minimum Gasteiger partial charge on any atom is -0.389 e. The van der Waals surface area contributed by atoms with Crippen LogP contribution >= 0.6 is 11.3 Å². The van der Waals surface area contributed by atoms with E-state index >= 15 is 0 Å². The summed E-state index contributed by atoms with van der Waals surface area (Å²) in [5.41, 5.74) is 8.63. The fraction of sp³-hybridized carbons (Fsp3) is 0.308. The van der Waals surface area contributed by atoms with Crippen molar-refractivity contribution >= 4 is 21.9 Å². The lowest BCUT2D eigenvalue weighted by Crippen LogP contribution is -1.97. The van der Waals surface area contributed by atoms with Gasteiger partial charge in [0, 0.05) is 10.4 Å². The molecule has 0 aliphatic heterocycles. The highest BCUT2D eigenvalue weighted by Gasteiger charge is 2.17. The second-order valence-electron chi connectivity index (χ2n) is 4.12. The molecule has 16 heavy (non-hydrogen) atoms. The SMILES string of the molecule is Cc1sc(N)c(C#N)c1C1=CC(C)CC=C1. The molecule has 2 rings (SSSR count). The number of hydrogen-bond acceptors (Lipinski definition) is 3. The Morgan fingerprint density at radius 3 is 2.94 bits per heavy atom. The van der Waals surface area contributed by atoms with Crippen molar-refractivity contribution in [2.45, 2.75) is 20.3 Å². The van der Waals surface area contributed by atoms with E-state index in [1.807, 2.05) is 6.92 Å². The Labute approximate surface area is 99.7 Å². The smallest absolute Gasteiger partial charge is 0.105 e. The molecule has 1 aliphatic rings. The van der Waals surface area contributed by atoms with E-state index in [9.17, 15) is 0 Å². The van der Waals surface area contributed by atoms with Gasteiger partial charge in [-0.1, -0.05) is 25.2 Å². The van der Waals surface area contributed by atoms with Crippen molar-refractivity contribution in [3.8, 4) is 6.07 Å². The van der Waals surface area contributed by atoms with Gasteiger partial charge in [-0.25, -0.2) is 0 Å². The summed E-state index contributed by atoms with van der Waals surface area (Å²) >= 11 is 1.50. The molecule has 1 heterocycles. The molecule has 1 aliphatic carbocycles. The summed E-state index contributed by atoms with van der Waals surface area (Å²) in [6, 6.07) is 2.21. The molecule has 0 amide bonds. The topological polar surface area (TPSA) is 49.8 Å². The standard InChI is InChI=1S/C13H14N2S/c1-8-4-3-5-10(6-8)12-9(2)16-13(15)11(12)7-14/h3,5-6,8H,4,15H2,1-2H3. The lowest BCUT2D eigenvalue weighted by atomic mass is 9.92. The van der Waals surface area contributed by atoms with Crippen LogP contribution in [0.4, 0.5) is 5.00 Å². The van der Waals surface area contributed by atoms with Gasteiger partial charge in [0.15, 0.2) is 0 Å². The first kappa shape index (κ1) is 11.0. The summed E-state index contributed by atoms with van der Waals surface area (Å²) in [5, 5.41) is 9.76. The summed E-state index contributed by atoms with van der Waals surface area (Å²) in [5.74, 6) is 0.534. The summed E-state index contributed by atoms with van der Waals surface area (Å²) in [6.07, 6.45) is 7.54. The van der Waals surface area contributed by atoms with E-state index < -0.39 is 0 Å². The van der Waals surface area contributed by atoms with E-state index in [2.05, 4.69) is 31.2 Å². The molecule has 2 N–H and O–H groups in total. The van der Waals surface area contributed by atoms with Crippen molar-refractivity contribution in [2.24, 2.45) is 5.92 Å². The van der Waals surface area contributed by atoms with Gasteiger partial charge in [0.2, 0.25) is 0 Å². The average molecular weight is 230 g/mol. The highest BCUT2D eigenvalue weighted by atomic mass is 32.1. The van der Waals surface area contributed by atoms with Gasteiger partial charge < -0.3 is 5.73 Å². The van der Waals surface area contributed by atoms with E-state index in [-0.39, 0.29) is 0 Å². The second-order valence-corrected chi connectivity index (χ2v) is 5.38. The van der Waals surface area contributed by atoms with Crippen LogP contribution in [0, 0.1) is 24.2 Å². The molecule has 1 unspecified atom stereocenters. The minimum absolute atomic E-state index is 0.534. The zero-order chi connectivity index (χ0) is 11.7. The summed E-state index contributed by atoms with van der Waals surface area (Å²) < 4.78 is 0. The van der Waals surface area contributed by atoms with Crippen LogP contribution in [0.25, 0.3) is 5.57 Å². The molecule has 0 radical (unpaired) electrons.